The third-order valence-electron chi connectivity index (χ3n) is 4.54. The second-order valence-corrected chi connectivity index (χ2v) is 7.61. The van der Waals surface area contributed by atoms with Gasteiger partial charge in [0.25, 0.3) is 0 Å². The van der Waals surface area contributed by atoms with Gasteiger partial charge in [-0.3, -0.25) is 9.55 Å². The van der Waals surface area contributed by atoms with Crippen molar-refractivity contribution < 1.29 is 8.78 Å². The van der Waals surface area contributed by atoms with Gasteiger partial charge in [0.05, 0.1) is 5.25 Å². The van der Waals surface area contributed by atoms with Crippen molar-refractivity contribution in [1.29, 1.82) is 0 Å². The van der Waals surface area contributed by atoms with E-state index in [4.69, 9.17) is 0 Å². The molecule has 0 atom stereocenters. The summed E-state index contributed by atoms with van der Waals surface area (Å²) in [5.41, 5.74) is 2.66. The smallest absolute Gasteiger partial charge is 0.192 e. The van der Waals surface area contributed by atoms with Crippen molar-refractivity contribution in [2.24, 2.45) is 0 Å². The van der Waals surface area contributed by atoms with Crippen LogP contribution in [-0.4, -0.2) is 19.7 Å². The van der Waals surface area contributed by atoms with Gasteiger partial charge in [-0.2, -0.15) is 0 Å². The highest BCUT2D eigenvalue weighted by Crippen LogP contribution is 2.40. The Hall–Kier alpha value is -3.32. The van der Waals surface area contributed by atoms with Crippen LogP contribution in [0.25, 0.3) is 11.4 Å². The highest BCUT2D eigenvalue weighted by molar-refractivity contribution is 7.99. The lowest BCUT2D eigenvalue weighted by Gasteiger charge is -2.18. The summed E-state index contributed by atoms with van der Waals surface area (Å²) in [5, 5.41) is 9.23. The van der Waals surface area contributed by atoms with Crippen LogP contribution in [0.2, 0.25) is 0 Å². The number of nitrogens with zero attached hydrogens (tertiary/aromatic N) is 4. The molecule has 0 saturated heterocycles. The molecule has 4 nitrogen and oxygen atoms in total. The average Bonchev–Trinajstić information content (AvgIpc) is 3.17. The minimum absolute atomic E-state index is 0.218. The Bertz CT molecular complexity index is 1080. The van der Waals surface area contributed by atoms with Crippen LogP contribution in [0.4, 0.5) is 8.78 Å². The van der Waals surface area contributed by atoms with Crippen molar-refractivity contribution in [3.63, 3.8) is 0 Å². The summed E-state index contributed by atoms with van der Waals surface area (Å²) in [6.45, 7) is 4.37. The zero-order valence-corrected chi connectivity index (χ0v) is 16.8. The number of aromatic nitrogens is 4. The average molecular weight is 420 g/mol. The molecule has 0 radical (unpaired) electrons. The van der Waals surface area contributed by atoms with Gasteiger partial charge in [0.1, 0.15) is 11.6 Å². The predicted octanol–water partition coefficient (Wildman–Crippen LogP) is 5.69. The standard InChI is InChI=1S/C23H18F2N4S/c1-2-15-29-22(18-11-13-26-14-12-18)27-28-23(29)30-21(16-3-7-19(24)8-4-16)17-5-9-20(25)10-6-17/h2-14,21H,1,15H2. The maximum atomic E-state index is 13.5. The Labute approximate surface area is 177 Å². The van der Waals surface area contributed by atoms with Gasteiger partial charge in [0, 0.05) is 24.5 Å². The maximum absolute atomic E-state index is 13.5. The molecule has 0 aliphatic heterocycles. The molecule has 0 aliphatic carbocycles. The fraction of sp³-hybridized carbons (Fsp3) is 0.0870. The summed E-state index contributed by atoms with van der Waals surface area (Å²) in [7, 11) is 0. The van der Waals surface area contributed by atoms with Gasteiger partial charge in [0.15, 0.2) is 11.0 Å². The van der Waals surface area contributed by atoms with Crippen molar-refractivity contribution in [1.82, 2.24) is 19.7 Å². The molecule has 0 N–H and O–H groups in total. The number of hydrogen-bond acceptors (Lipinski definition) is 4. The first-order chi connectivity index (χ1) is 14.7. The Morgan fingerprint density at radius 1 is 0.867 bits per heavy atom. The Kier molecular flexibility index (Phi) is 5.99. The van der Waals surface area contributed by atoms with Crippen molar-refractivity contribution >= 4 is 11.8 Å². The van der Waals surface area contributed by atoms with Crippen LogP contribution in [0, 0.1) is 11.6 Å². The Balaban J connectivity index is 1.76. The summed E-state index contributed by atoms with van der Waals surface area (Å²) < 4.78 is 28.9. The van der Waals surface area contributed by atoms with Gasteiger partial charge < -0.3 is 0 Å². The van der Waals surface area contributed by atoms with Crippen molar-refractivity contribution in [3.8, 4) is 11.4 Å². The van der Waals surface area contributed by atoms with E-state index in [9.17, 15) is 8.78 Å². The lowest BCUT2D eigenvalue weighted by molar-refractivity contribution is 0.626. The van der Waals surface area contributed by atoms with Crippen molar-refractivity contribution in [2.75, 3.05) is 0 Å². The molecule has 4 rings (SSSR count). The number of pyridine rings is 1. The van der Waals surface area contributed by atoms with Crippen molar-refractivity contribution in [3.05, 3.63) is 108 Å². The third-order valence-corrected chi connectivity index (χ3v) is 5.83. The van der Waals surface area contributed by atoms with E-state index in [2.05, 4.69) is 21.8 Å². The maximum Gasteiger partial charge on any atom is 0.192 e. The molecule has 0 bridgehead atoms. The zero-order chi connectivity index (χ0) is 20.9. The Morgan fingerprint density at radius 2 is 1.43 bits per heavy atom. The molecule has 7 heteroatoms. The SMILES string of the molecule is C=CCn1c(SC(c2ccc(F)cc2)c2ccc(F)cc2)nnc1-c1ccncc1. The fourth-order valence-electron chi connectivity index (χ4n) is 3.09. The molecule has 30 heavy (non-hydrogen) atoms. The van der Waals surface area contributed by atoms with Crippen molar-refractivity contribution in [2.45, 2.75) is 17.0 Å². The summed E-state index contributed by atoms with van der Waals surface area (Å²) in [6, 6.07) is 16.3. The first-order valence-electron chi connectivity index (χ1n) is 9.28. The van der Waals surface area contributed by atoms with E-state index < -0.39 is 0 Å². The molecule has 4 aromatic rings. The van der Waals surface area contributed by atoms with Gasteiger partial charge in [-0.15, -0.1) is 16.8 Å². The number of rotatable bonds is 7. The van der Waals surface area contributed by atoms with Crippen LogP contribution in [0.5, 0.6) is 0 Å². The van der Waals surface area contributed by atoms with E-state index >= 15 is 0 Å². The molecule has 2 aromatic carbocycles. The van der Waals surface area contributed by atoms with E-state index in [1.54, 1.807) is 42.7 Å². The first kappa shape index (κ1) is 20.0. The molecule has 2 aromatic heterocycles. The summed E-state index contributed by atoms with van der Waals surface area (Å²) in [4.78, 5) is 4.05. The highest BCUT2D eigenvalue weighted by atomic mass is 32.2. The summed E-state index contributed by atoms with van der Waals surface area (Å²) in [5.74, 6) is 0.0876. The lowest BCUT2D eigenvalue weighted by Crippen LogP contribution is -2.04. The number of hydrogen-bond donors (Lipinski definition) is 0. The van der Waals surface area contributed by atoms with Crippen LogP contribution in [-0.2, 0) is 6.54 Å². The molecule has 0 amide bonds. The van der Waals surface area contributed by atoms with E-state index in [1.165, 1.54) is 36.0 Å². The minimum atomic E-state index is -0.309. The van der Waals surface area contributed by atoms with Crippen LogP contribution in [0.1, 0.15) is 16.4 Å². The zero-order valence-electron chi connectivity index (χ0n) is 16.0. The van der Waals surface area contributed by atoms with Gasteiger partial charge in [-0.05, 0) is 47.5 Å². The van der Waals surface area contributed by atoms with Gasteiger partial charge >= 0.3 is 0 Å². The number of allylic oxidation sites excluding steroid dienone is 1. The third kappa shape index (κ3) is 4.31. The first-order valence-corrected chi connectivity index (χ1v) is 10.2. The fourth-order valence-corrected chi connectivity index (χ4v) is 4.27. The van der Waals surface area contributed by atoms with Crippen LogP contribution < -0.4 is 0 Å². The normalized spacial score (nSPS) is 11.0. The van der Waals surface area contributed by atoms with E-state index in [0.717, 1.165) is 16.7 Å². The Morgan fingerprint density at radius 3 is 1.97 bits per heavy atom. The molecule has 2 heterocycles. The lowest BCUT2D eigenvalue weighted by atomic mass is 10.0. The van der Waals surface area contributed by atoms with Gasteiger partial charge in [0.2, 0.25) is 0 Å². The van der Waals surface area contributed by atoms with E-state index in [-0.39, 0.29) is 16.9 Å². The van der Waals surface area contributed by atoms with Gasteiger partial charge in [-0.1, -0.05) is 42.1 Å². The highest BCUT2D eigenvalue weighted by Gasteiger charge is 2.21. The largest absolute Gasteiger partial charge is 0.298 e. The van der Waals surface area contributed by atoms with Crippen LogP contribution >= 0.6 is 11.8 Å². The number of halogens is 2. The second-order valence-electron chi connectivity index (χ2n) is 6.54. The minimum Gasteiger partial charge on any atom is -0.298 e. The molecule has 150 valence electrons. The molecule has 0 fully saturated rings. The molecular weight excluding hydrogens is 402 g/mol. The van der Waals surface area contributed by atoms with E-state index in [0.29, 0.717) is 17.5 Å². The topological polar surface area (TPSA) is 43.6 Å². The van der Waals surface area contributed by atoms with Crippen LogP contribution in [0.3, 0.4) is 0 Å². The van der Waals surface area contributed by atoms with E-state index in [1.807, 2.05) is 16.7 Å². The number of thioether (sulfide) groups is 1. The molecule has 0 saturated carbocycles. The molecule has 0 aliphatic rings. The summed E-state index contributed by atoms with van der Waals surface area (Å²) in [6.07, 6.45) is 5.19. The molecule has 0 spiro atoms. The second kappa shape index (κ2) is 9.00. The monoisotopic (exact) mass is 420 g/mol. The summed E-state index contributed by atoms with van der Waals surface area (Å²) >= 11 is 1.47. The van der Waals surface area contributed by atoms with Crippen LogP contribution in [0.15, 0.2) is 90.9 Å². The number of benzene rings is 2. The predicted molar refractivity (Wildman–Crippen MR) is 114 cm³/mol. The molecular formula is C23H18F2N4S. The molecule has 0 unspecified atom stereocenters. The van der Waals surface area contributed by atoms with Gasteiger partial charge in [-0.25, -0.2) is 8.78 Å². The quantitative estimate of drug-likeness (QED) is 0.285.